The standard InChI is InChI=1S/C17H30N6O2.2ClH/c1-14(2)25-12-11-21-7-9-22(10-8-21)17(24)16-13-23(20-19-16)15-3-5-18-6-4-15;;/h13-15,18H,3-12H2,1-2H3;2*1H. The molecule has 0 atom stereocenters. The highest BCUT2D eigenvalue weighted by Crippen LogP contribution is 2.17. The molecule has 2 fully saturated rings. The zero-order valence-electron chi connectivity index (χ0n) is 16.2. The molecule has 1 aromatic rings. The van der Waals surface area contributed by atoms with Gasteiger partial charge in [-0.25, -0.2) is 4.68 Å². The van der Waals surface area contributed by atoms with Crippen molar-refractivity contribution in [2.75, 3.05) is 52.4 Å². The summed E-state index contributed by atoms with van der Waals surface area (Å²) in [5.41, 5.74) is 0.468. The second kappa shape index (κ2) is 11.8. The smallest absolute Gasteiger partial charge is 0.276 e. The summed E-state index contributed by atoms with van der Waals surface area (Å²) in [6.07, 6.45) is 4.16. The van der Waals surface area contributed by atoms with Gasteiger partial charge in [-0.15, -0.1) is 29.9 Å². The molecule has 27 heavy (non-hydrogen) atoms. The van der Waals surface area contributed by atoms with Gasteiger partial charge in [0.15, 0.2) is 5.69 Å². The van der Waals surface area contributed by atoms with Gasteiger partial charge in [-0.05, 0) is 39.8 Å². The van der Waals surface area contributed by atoms with Gasteiger partial charge in [0.1, 0.15) is 0 Å². The molecule has 3 rings (SSSR count). The van der Waals surface area contributed by atoms with Crippen molar-refractivity contribution in [3.05, 3.63) is 11.9 Å². The van der Waals surface area contributed by atoms with Crippen molar-refractivity contribution >= 4 is 30.7 Å². The third kappa shape index (κ3) is 6.87. The molecule has 0 unspecified atom stereocenters. The van der Waals surface area contributed by atoms with E-state index in [0.29, 0.717) is 11.7 Å². The van der Waals surface area contributed by atoms with E-state index < -0.39 is 0 Å². The lowest BCUT2D eigenvalue weighted by Gasteiger charge is -2.34. The zero-order chi connectivity index (χ0) is 17.6. The van der Waals surface area contributed by atoms with Crippen molar-refractivity contribution in [2.45, 2.75) is 38.8 Å². The van der Waals surface area contributed by atoms with Crippen molar-refractivity contribution in [1.82, 2.24) is 30.1 Å². The summed E-state index contributed by atoms with van der Waals surface area (Å²) >= 11 is 0. The summed E-state index contributed by atoms with van der Waals surface area (Å²) in [4.78, 5) is 16.9. The second-order valence-corrected chi connectivity index (χ2v) is 7.12. The van der Waals surface area contributed by atoms with E-state index in [9.17, 15) is 4.79 Å². The number of piperidine rings is 1. The normalized spacial score (nSPS) is 18.9. The molecular weight excluding hydrogens is 391 g/mol. The highest BCUT2D eigenvalue weighted by Gasteiger charge is 2.25. The summed E-state index contributed by atoms with van der Waals surface area (Å²) in [6.45, 7) is 11.0. The first-order valence-electron chi connectivity index (χ1n) is 9.39. The lowest BCUT2D eigenvalue weighted by Crippen LogP contribution is -2.49. The summed E-state index contributed by atoms with van der Waals surface area (Å²) in [6, 6.07) is 0.355. The number of piperazine rings is 1. The fourth-order valence-electron chi connectivity index (χ4n) is 3.38. The fraction of sp³-hybridized carbons (Fsp3) is 0.824. The zero-order valence-corrected chi connectivity index (χ0v) is 17.8. The van der Waals surface area contributed by atoms with Crippen molar-refractivity contribution in [3.63, 3.8) is 0 Å². The third-order valence-corrected chi connectivity index (χ3v) is 4.93. The predicted molar refractivity (Wildman–Crippen MR) is 109 cm³/mol. The highest BCUT2D eigenvalue weighted by atomic mass is 35.5. The first-order chi connectivity index (χ1) is 12.1. The van der Waals surface area contributed by atoms with Gasteiger partial charge < -0.3 is 15.0 Å². The molecule has 0 radical (unpaired) electrons. The van der Waals surface area contributed by atoms with Gasteiger partial charge in [-0.3, -0.25) is 9.69 Å². The van der Waals surface area contributed by atoms with Gasteiger partial charge in [0.25, 0.3) is 5.91 Å². The molecule has 2 aliphatic rings. The number of amides is 1. The summed E-state index contributed by atoms with van der Waals surface area (Å²) < 4.78 is 7.47. The Morgan fingerprint density at radius 3 is 2.52 bits per heavy atom. The molecule has 0 spiro atoms. The predicted octanol–water partition coefficient (Wildman–Crippen LogP) is 1.23. The Morgan fingerprint density at radius 2 is 1.89 bits per heavy atom. The Bertz CT molecular complexity index is 557. The molecule has 10 heteroatoms. The molecule has 1 N–H and O–H groups in total. The maximum atomic E-state index is 12.7. The van der Waals surface area contributed by atoms with E-state index in [-0.39, 0.29) is 36.8 Å². The van der Waals surface area contributed by atoms with Crippen molar-refractivity contribution in [3.8, 4) is 0 Å². The van der Waals surface area contributed by atoms with E-state index in [0.717, 1.165) is 65.3 Å². The van der Waals surface area contributed by atoms with E-state index >= 15 is 0 Å². The van der Waals surface area contributed by atoms with Gasteiger partial charge in [-0.2, -0.15) is 0 Å². The molecule has 1 amide bonds. The van der Waals surface area contributed by atoms with Crippen LogP contribution < -0.4 is 5.32 Å². The van der Waals surface area contributed by atoms with Crippen molar-refractivity contribution in [1.29, 1.82) is 0 Å². The number of carbonyl (C=O) groups excluding carboxylic acids is 1. The van der Waals surface area contributed by atoms with Crippen LogP contribution in [0.1, 0.15) is 43.2 Å². The number of halogens is 2. The van der Waals surface area contributed by atoms with E-state index in [1.165, 1.54) is 0 Å². The van der Waals surface area contributed by atoms with E-state index in [2.05, 4.69) is 20.5 Å². The molecule has 2 aliphatic heterocycles. The highest BCUT2D eigenvalue weighted by molar-refractivity contribution is 5.92. The van der Waals surface area contributed by atoms with Crippen LogP contribution in [0.2, 0.25) is 0 Å². The first-order valence-corrected chi connectivity index (χ1v) is 9.39. The van der Waals surface area contributed by atoms with Crippen LogP contribution in [0.15, 0.2) is 6.20 Å². The summed E-state index contributed by atoms with van der Waals surface area (Å²) in [5, 5.41) is 11.7. The number of nitrogens with one attached hydrogen (secondary N) is 1. The van der Waals surface area contributed by atoms with Crippen LogP contribution in [0.4, 0.5) is 0 Å². The van der Waals surface area contributed by atoms with Crippen LogP contribution in [0.3, 0.4) is 0 Å². The summed E-state index contributed by atoms with van der Waals surface area (Å²) in [7, 11) is 0. The SMILES string of the molecule is CC(C)OCCN1CCN(C(=O)c2cn(C3CCNCC3)nn2)CC1.Cl.Cl. The van der Waals surface area contributed by atoms with E-state index in [4.69, 9.17) is 4.74 Å². The largest absolute Gasteiger partial charge is 0.377 e. The molecule has 1 aromatic heterocycles. The van der Waals surface area contributed by atoms with E-state index in [1.54, 1.807) is 0 Å². The van der Waals surface area contributed by atoms with Gasteiger partial charge in [-0.1, -0.05) is 5.21 Å². The maximum absolute atomic E-state index is 12.7. The van der Waals surface area contributed by atoms with Crippen LogP contribution >= 0.6 is 24.8 Å². The minimum Gasteiger partial charge on any atom is -0.377 e. The van der Waals surface area contributed by atoms with Gasteiger partial charge in [0.2, 0.25) is 0 Å². The molecule has 2 saturated heterocycles. The lowest BCUT2D eigenvalue weighted by atomic mass is 10.1. The number of carbonyl (C=O) groups is 1. The Labute approximate surface area is 173 Å². The van der Waals surface area contributed by atoms with Crippen molar-refractivity contribution < 1.29 is 9.53 Å². The number of hydrogen-bond acceptors (Lipinski definition) is 6. The van der Waals surface area contributed by atoms with Crippen LogP contribution in [0, 0.1) is 0 Å². The monoisotopic (exact) mass is 422 g/mol. The topological polar surface area (TPSA) is 75.5 Å². The van der Waals surface area contributed by atoms with Crippen LogP contribution in [0.5, 0.6) is 0 Å². The minimum atomic E-state index is -0.00161. The van der Waals surface area contributed by atoms with Crippen LogP contribution in [0.25, 0.3) is 0 Å². The third-order valence-electron chi connectivity index (χ3n) is 4.93. The Hall–Kier alpha value is -0.930. The molecule has 0 saturated carbocycles. The second-order valence-electron chi connectivity index (χ2n) is 7.12. The van der Waals surface area contributed by atoms with Gasteiger partial charge >= 0.3 is 0 Å². The Morgan fingerprint density at radius 1 is 1.22 bits per heavy atom. The number of nitrogens with zero attached hydrogens (tertiary/aromatic N) is 5. The van der Waals surface area contributed by atoms with Crippen LogP contribution in [-0.4, -0.2) is 89.2 Å². The lowest BCUT2D eigenvalue weighted by molar-refractivity contribution is 0.0404. The molecule has 156 valence electrons. The molecule has 0 bridgehead atoms. The number of aromatic nitrogens is 3. The molecule has 0 aliphatic carbocycles. The molecule has 0 aromatic carbocycles. The van der Waals surface area contributed by atoms with Gasteiger partial charge in [0, 0.05) is 32.7 Å². The summed E-state index contributed by atoms with van der Waals surface area (Å²) in [5.74, 6) is -0.00161. The van der Waals surface area contributed by atoms with E-state index in [1.807, 2.05) is 29.6 Å². The average Bonchev–Trinajstić information content (AvgIpc) is 3.12. The average molecular weight is 423 g/mol. The molecule has 8 nitrogen and oxygen atoms in total. The Kier molecular flexibility index (Phi) is 10.5. The number of hydrogen-bond donors (Lipinski definition) is 1. The van der Waals surface area contributed by atoms with Crippen LogP contribution in [-0.2, 0) is 4.74 Å². The van der Waals surface area contributed by atoms with Gasteiger partial charge in [0.05, 0.1) is 24.9 Å². The fourth-order valence-corrected chi connectivity index (χ4v) is 3.38. The maximum Gasteiger partial charge on any atom is 0.276 e. The molecular formula is C17H32Cl2N6O2. The minimum absolute atomic E-state index is 0. The number of ether oxygens (including phenoxy) is 1. The first kappa shape index (κ1) is 24.1. The Balaban J connectivity index is 0.00000182. The quantitative estimate of drug-likeness (QED) is 0.742. The van der Waals surface area contributed by atoms with Crippen molar-refractivity contribution in [2.24, 2.45) is 0 Å². The number of rotatable bonds is 6. The molecule has 3 heterocycles.